The smallest absolute Gasteiger partial charge is 0.410 e. The molecule has 0 aromatic carbocycles. The molecule has 0 bridgehead atoms. The lowest BCUT2D eigenvalue weighted by molar-refractivity contribution is -0.117. The number of thioether (sulfide) groups is 1. The van der Waals surface area contributed by atoms with Gasteiger partial charge >= 0.3 is 6.09 Å². The highest BCUT2D eigenvalue weighted by Gasteiger charge is 2.35. The van der Waals surface area contributed by atoms with E-state index in [1.165, 1.54) is 23.6 Å². The van der Waals surface area contributed by atoms with Crippen molar-refractivity contribution in [1.29, 1.82) is 0 Å². The van der Waals surface area contributed by atoms with Crippen molar-refractivity contribution >= 4 is 34.8 Å². The zero-order valence-electron chi connectivity index (χ0n) is 15.3. The minimum Gasteiger partial charge on any atom is -0.444 e. The summed E-state index contributed by atoms with van der Waals surface area (Å²) in [5.41, 5.74) is 1.01. The Hall–Kier alpha value is -2.16. The summed E-state index contributed by atoms with van der Waals surface area (Å²) in [6, 6.07) is 0. The van der Waals surface area contributed by atoms with Crippen LogP contribution < -0.4 is 4.90 Å². The SMILES string of the molecule is CC(=O)SC1CC(=O)N(c2ncc3c(n2)CN(C(=O)OC(C)(C)C)C3)C1. The third-order valence-electron chi connectivity index (χ3n) is 3.96. The highest BCUT2D eigenvalue weighted by molar-refractivity contribution is 8.14. The van der Waals surface area contributed by atoms with Crippen LogP contribution in [-0.2, 0) is 27.4 Å². The number of carbonyl (C=O) groups is 3. The number of carbonyl (C=O) groups excluding carboxylic acids is 3. The maximum atomic E-state index is 12.2. The van der Waals surface area contributed by atoms with Crippen LogP contribution in [0.4, 0.5) is 10.7 Å². The van der Waals surface area contributed by atoms with Crippen molar-refractivity contribution < 1.29 is 19.1 Å². The molecule has 8 nitrogen and oxygen atoms in total. The number of nitrogens with zero attached hydrogens (tertiary/aromatic N) is 4. The summed E-state index contributed by atoms with van der Waals surface area (Å²) in [6.07, 6.45) is 1.56. The van der Waals surface area contributed by atoms with Crippen LogP contribution in [0.2, 0.25) is 0 Å². The summed E-state index contributed by atoms with van der Waals surface area (Å²) in [5.74, 6) is 0.233. The van der Waals surface area contributed by atoms with Gasteiger partial charge in [0.15, 0.2) is 5.12 Å². The number of aromatic nitrogens is 2. The minimum absolute atomic E-state index is 0.00692. The van der Waals surface area contributed by atoms with Crippen molar-refractivity contribution in [3.8, 4) is 0 Å². The van der Waals surface area contributed by atoms with E-state index in [0.29, 0.717) is 32.0 Å². The summed E-state index contributed by atoms with van der Waals surface area (Å²) in [4.78, 5) is 47.6. The number of hydrogen-bond donors (Lipinski definition) is 0. The first-order chi connectivity index (χ1) is 12.1. The van der Waals surface area contributed by atoms with E-state index in [-0.39, 0.29) is 16.3 Å². The fourth-order valence-electron chi connectivity index (χ4n) is 2.91. The molecule has 0 spiro atoms. The number of anilines is 1. The lowest BCUT2D eigenvalue weighted by Gasteiger charge is -2.23. The first-order valence-corrected chi connectivity index (χ1v) is 9.30. The lowest BCUT2D eigenvalue weighted by Crippen LogP contribution is -2.33. The van der Waals surface area contributed by atoms with Gasteiger partial charge in [-0.25, -0.2) is 14.8 Å². The quantitative estimate of drug-likeness (QED) is 0.778. The fourth-order valence-corrected chi connectivity index (χ4v) is 3.83. The molecule has 3 rings (SSSR count). The van der Waals surface area contributed by atoms with E-state index < -0.39 is 11.7 Å². The average molecular weight is 378 g/mol. The largest absolute Gasteiger partial charge is 0.444 e. The van der Waals surface area contributed by atoms with Gasteiger partial charge in [0.05, 0.1) is 18.8 Å². The third-order valence-corrected chi connectivity index (χ3v) is 4.94. The Labute approximate surface area is 156 Å². The van der Waals surface area contributed by atoms with Crippen LogP contribution in [-0.4, -0.2) is 49.4 Å². The number of hydrogen-bond acceptors (Lipinski definition) is 7. The molecular formula is C17H22N4O4S. The Morgan fingerprint density at radius 3 is 2.69 bits per heavy atom. The Balaban J connectivity index is 1.70. The molecule has 1 unspecified atom stereocenters. The van der Waals surface area contributed by atoms with E-state index in [9.17, 15) is 14.4 Å². The van der Waals surface area contributed by atoms with E-state index in [2.05, 4.69) is 9.97 Å². The van der Waals surface area contributed by atoms with Crippen LogP contribution in [0, 0.1) is 0 Å². The number of rotatable bonds is 2. The molecule has 0 N–H and O–H groups in total. The third kappa shape index (κ3) is 4.14. The first kappa shape index (κ1) is 18.6. The van der Waals surface area contributed by atoms with Gasteiger partial charge in [-0.3, -0.25) is 19.4 Å². The predicted octanol–water partition coefficient (Wildman–Crippen LogP) is 2.11. The van der Waals surface area contributed by atoms with Gasteiger partial charge in [-0.15, -0.1) is 0 Å². The van der Waals surface area contributed by atoms with Gasteiger partial charge in [-0.1, -0.05) is 11.8 Å². The maximum Gasteiger partial charge on any atom is 0.410 e. The number of ether oxygens (including phenoxy) is 1. The zero-order chi connectivity index (χ0) is 19.1. The van der Waals surface area contributed by atoms with Crippen LogP contribution in [0.5, 0.6) is 0 Å². The standard InChI is InChI=1S/C17H22N4O4S/c1-10(22)26-12-5-14(23)21(8-12)15-18-6-11-7-20(9-13(11)19-15)16(24)25-17(2,3)4/h6,12H,5,7-9H2,1-4H3. The predicted molar refractivity (Wildman–Crippen MR) is 96.5 cm³/mol. The Bertz CT molecular complexity index is 762. The average Bonchev–Trinajstić information content (AvgIpc) is 3.07. The van der Waals surface area contributed by atoms with E-state index in [1.807, 2.05) is 20.8 Å². The Kier molecular flexibility index (Phi) is 4.92. The molecule has 1 aromatic rings. The van der Waals surface area contributed by atoms with Crippen LogP contribution in [0.25, 0.3) is 0 Å². The molecule has 2 aliphatic rings. The molecule has 0 aliphatic carbocycles. The molecule has 3 heterocycles. The summed E-state index contributed by atoms with van der Waals surface area (Å²) in [7, 11) is 0. The summed E-state index contributed by atoms with van der Waals surface area (Å²) < 4.78 is 5.39. The van der Waals surface area contributed by atoms with E-state index >= 15 is 0 Å². The topological polar surface area (TPSA) is 92.7 Å². The zero-order valence-corrected chi connectivity index (χ0v) is 16.1. The molecule has 1 atom stereocenters. The Morgan fingerprint density at radius 2 is 2.04 bits per heavy atom. The van der Waals surface area contributed by atoms with Gasteiger partial charge < -0.3 is 4.74 Å². The minimum atomic E-state index is -0.561. The van der Waals surface area contributed by atoms with Gasteiger partial charge in [0, 0.05) is 36.9 Å². The molecule has 0 radical (unpaired) electrons. The van der Waals surface area contributed by atoms with Crippen LogP contribution in [0.3, 0.4) is 0 Å². The van der Waals surface area contributed by atoms with E-state index in [4.69, 9.17) is 4.74 Å². The number of fused-ring (bicyclic) bond motifs is 1. The van der Waals surface area contributed by atoms with Crippen molar-refractivity contribution in [1.82, 2.24) is 14.9 Å². The van der Waals surface area contributed by atoms with Crippen LogP contribution in [0.1, 0.15) is 45.4 Å². The molecule has 1 saturated heterocycles. The molecule has 2 aliphatic heterocycles. The summed E-state index contributed by atoms with van der Waals surface area (Å²) in [6.45, 7) is 8.09. The molecule has 2 amide bonds. The monoisotopic (exact) mass is 378 g/mol. The molecule has 0 saturated carbocycles. The van der Waals surface area contributed by atoms with Gasteiger partial charge in [-0.05, 0) is 20.8 Å². The van der Waals surface area contributed by atoms with E-state index in [1.54, 1.807) is 11.1 Å². The van der Waals surface area contributed by atoms with Gasteiger partial charge in [-0.2, -0.15) is 0 Å². The molecule has 1 aromatic heterocycles. The van der Waals surface area contributed by atoms with Gasteiger partial charge in [0.2, 0.25) is 11.9 Å². The summed E-state index contributed by atoms with van der Waals surface area (Å²) >= 11 is 1.17. The normalized spacial score (nSPS) is 19.7. The maximum absolute atomic E-state index is 12.2. The van der Waals surface area contributed by atoms with Crippen molar-refractivity contribution in [2.75, 3.05) is 11.4 Å². The summed E-state index contributed by atoms with van der Waals surface area (Å²) in [5, 5.41) is -0.0809. The fraction of sp³-hybridized carbons (Fsp3) is 0.588. The molecule has 140 valence electrons. The van der Waals surface area contributed by atoms with E-state index in [0.717, 1.165) is 11.3 Å². The van der Waals surface area contributed by atoms with Crippen molar-refractivity contribution in [2.45, 2.75) is 58.1 Å². The number of amides is 2. The Morgan fingerprint density at radius 1 is 1.31 bits per heavy atom. The van der Waals surface area contributed by atoms with Gasteiger partial charge in [0.25, 0.3) is 0 Å². The second-order valence-electron chi connectivity index (χ2n) is 7.42. The highest BCUT2D eigenvalue weighted by atomic mass is 32.2. The second kappa shape index (κ2) is 6.86. The van der Waals surface area contributed by atoms with Crippen molar-refractivity contribution in [3.05, 3.63) is 17.5 Å². The first-order valence-electron chi connectivity index (χ1n) is 8.42. The van der Waals surface area contributed by atoms with Crippen LogP contribution in [0.15, 0.2) is 6.20 Å². The second-order valence-corrected chi connectivity index (χ2v) is 8.90. The van der Waals surface area contributed by atoms with Crippen molar-refractivity contribution in [2.24, 2.45) is 0 Å². The van der Waals surface area contributed by atoms with Crippen LogP contribution >= 0.6 is 11.8 Å². The van der Waals surface area contributed by atoms with Gasteiger partial charge in [0.1, 0.15) is 5.60 Å². The molecule has 26 heavy (non-hydrogen) atoms. The molecule has 1 fully saturated rings. The molecule has 9 heteroatoms. The van der Waals surface area contributed by atoms with Crippen molar-refractivity contribution in [3.63, 3.8) is 0 Å². The lowest BCUT2D eigenvalue weighted by atomic mass is 10.2. The molecular weight excluding hydrogens is 356 g/mol. The highest BCUT2D eigenvalue weighted by Crippen LogP contribution is 2.29.